The molecule has 0 spiro atoms. The Hall–Kier alpha value is -9.69. The Morgan fingerprint density at radius 3 is 0.824 bits per heavy atom. The number of hydrogen-bond donors (Lipinski definition) is 3. The fourth-order valence-corrected chi connectivity index (χ4v) is 13.1. The molecule has 0 saturated carbocycles. The van der Waals surface area contributed by atoms with E-state index in [-0.39, 0.29) is 48.9 Å². The molecule has 0 aliphatic carbocycles. The second kappa shape index (κ2) is 26.3. The van der Waals surface area contributed by atoms with Gasteiger partial charge in [0, 0.05) is 64.2 Å². The van der Waals surface area contributed by atoms with Crippen LogP contribution in [-0.4, -0.2) is 45.1 Å². The van der Waals surface area contributed by atoms with Crippen LogP contribution in [0.15, 0.2) is 133 Å². The number of carbonyl (C=O) groups is 1. The predicted molar refractivity (Wildman–Crippen MR) is 436 cm³/mol. The number of carboxylic acid groups (broad SMARTS) is 1. The van der Waals surface area contributed by atoms with E-state index >= 15 is 0 Å². The molecule has 2 aliphatic heterocycles. The van der Waals surface area contributed by atoms with Crippen molar-refractivity contribution in [3.05, 3.63) is 229 Å². The van der Waals surface area contributed by atoms with Crippen molar-refractivity contribution in [3.8, 4) is 68.2 Å². The Labute approximate surface area is 609 Å². The monoisotopic (exact) mass is 1350 g/mol. The van der Waals surface area contributed by atoms with Gasteiger partial charge in [-0.05, 0) is 195 Å². The van der Waals surface area contributed by atoms with Gasteiger partial charge in [-0.3, -0.25) is 0 Å². The number of nitrogens with zero attached hydrogens (tertiary/aromatic N) is 3. The number of H-pyrrole nitrogens is 2. The molecule has 6 aromatic carbocycles. The van der Waals surface area contributed by atoms with Crippen LogP contribution in [0.2, 0.25) is 0 Å². The average Bonchev–Trinajstić information content (AvgIpc) is 1.52. The highest BCUT2D eigenvalue weighted by Crippen LogP contribution is 2.46. The van der Waals surface area contributed by atoms with Crippen LogP contribution < -0.4 is 4.90 Å². The fraction of sp³-hybridized carbons (Fsp3) is 0.358. The van der Waals surface area contributed by atoms with E-state index in [1.54, 1.807) is 24.3 Å². The van der Waals surface area contributed by atoms with E-state index in [0.717, 1.165) is 112 Å². The number of aromatic nitrogens is 4. The quantitative estimate of drug-likeness (QED) is 0.144. The summed E-state index contributed by atoms with van der Waals surface area (Å²) in [6.07, 6.45) is 8.83. The minimum absolute atomic E-state index is 0.197. The van der Waals surface area contributed by atoms with Crippen molar-refractivity contribution in [1.82, 2.24) is 19.9 Å². The van der Waals surface area contributed by atoms with Crippen LogP contribution >= 0.6 is 0 Å². The van der Waals surface area contributed by atoms with Crippen molar-refractivity contribution in [1.29, 1.82) is 0 Å². The second-order valence-electron chi connectivity index (χ2n) is 36.9. The average molecular weight is 1350 g/mol. The molecule has 5 heterocycles. The van der Waals surface area contributed by atoms with E-state index in [0.29, 0.717) is 5.56 Å². The maximum Gasteiger partial charge on any atom is 0.335 e. The zero-order chi connectivity index (χ0) is 74.5. The molecule has 3 N–H and O–H groups in total. The topological polar surface area (TPSA) is 97.9 Å². The van der Waals surface area contributed by atoms with Gasteiger partial charge >= 0.3 is 5.97 Å². The molecule has 0 unspecified atom stereocenters. The fourth-order valence-electron chi connectivity index (χ4n) is 13.1. The first-order valence-corrected chi connectivity index (χ1v) is 36.2. The number of aromatic carboxylic acids is 1. The molecule has 524 valence electrons. The van der Waals surface area contributed by atoms with Gasteiger partial charge in [0.2, 0.25) is 0 Å². The molecular weight excluding hydrogens is 1240 g/mol. The van der Waals surface area contributed by atoms with Crippen LogP contribution in [0, 0.1) is 23.7 Å². The molecule has 2 aliphatic rings. The Kier molecular flexibility index (Phi) is 19.0. The van der Waals surface area contributed by atoms with Crippen LogP contribution in [0.4, 0.5) is 5.69 Å². The van der Waals surface area contributed by atoms with E-state index in [9.17, 15) is 9.90 Å². The minimum atomic E-state index is -0.990. The summed E-state index contributed by atoms with van der Waals surface area (Å²) in [6, 6.07) is 48.3. The summed E-state index contributed by atoms with van der Waals surface area (Å²) in [6.45, 7) is 55.1. The predicted octanol–water partition coefficient (Wildman–Crippen LogP) is 24.3. The number of hydrogen-bond acceptors (Lipinski definition) is 4. The van der Waals surface area contributed by atoms with Crippen LogP contribution in [0.1, 0.15) is 266 Å². The Bertz CT molecular complexity index is 5070. The van der Waals surface area contributed by atoms with Crippen molar-refractivity contribution in [2.24, 2.45) is 0 Å². The highest BCUT2D eigenvalue weighted by molar-refractivity contribution is 6.03. The first-order valence-electron chi connectivity index (χ1n) is 36.2. The molecule has 7 nitrogen and oxygen atoms in total. The molecule has 0 atom stereocenters. The van der Waals surface area contributed by atoms with E-state index in [1.807, 2.05) is 0 Å². The van der Waals surface area contributed by atoms with Gasteiger partial charge < -0.3 is 20.0 Å². The maximum absolute atomic E-state index is 12.2. The lowest BCUT2D eigenvalue weighted by atomic mass is 9.78. The molecule has 0 fully saturated rings. The highest BCUT2D eigenvalue weighted by Gasteiger charge is 2.31. The lowest BCUT2D eigenvalue weighted by Crippen LogP contribution is -2.16. The van der Waals surface area contributed by atoms with Gasteiger partial charge in [-0.25, -0.2) is 14.8 Å². The number of carboxylic acids is 1. The maximum atomic E-state index is 12.2. The summed E-state index contributed by atoms with van der Waals surface area (Å²) in [4.78, 5) is 34.9. The van der Waals surface area contributed by atoms with E-state index in [2.05, 4.69) is 352 Å². The van der Waals surface area contributed by atoms with Gasteiger partial charge in [0.1, 0.15) is 0 Å². The third-order valence-electron chi connectivity index (χ3n) is 20.0. The summed E-state index contributed by atoms with van der Waals surface area (Å²) >= 11 is 0. The summed E-state index contributed by atoms with van der Waals surface area (Å²) in [5, 5.41) is 10.0. The molecular formula is C95H107N5O2. The molecule has 0 saturated heterocycles. The number of nitrogens with one attached hydrogen (secondary N) is 2. The first kappa shape index (κ1) is 73.5. The van der Waals surface area contributed by atoms with Gasteiger partial charge in [-0.15, -0.1) is 0 Å². The molecule has 3 aromatic heterocycles. The molecule has 8 bridgehead atoms. The van der Waals surface area contributed by atoms with Crippen molar-refractivity contribution in [2.75, 3.05) is 19.0 Å². The summed E-state index contributed by atoms with van der Waals surface area (Å²) in [5.41, 5.74) is 26.5. The summed E-state index contributed by atoms with van der Waals surface area (Å²) < 4.78 is 0. The van der Waals surface area contributed by atoms with Crippen molar-refractivity contribution in [3.63, 3.8) is 0 Å². The minimum Gasteiger partial charge on any atom is -0.478 e. The van der Waals surface area contributed by atoms with Crippen LogP contribution in [0.3, 0.4) is 0 Å². The number of fused-ring (bicyclic) bond motifs is 8. The first-order chi connectivity index (χ1) is 47.2. The number of anilines is 1. The Balaban J connectivity index is 1.48. The molecule has 0 radical (unpaired) electrons. The van der Waals surface area contributed by atoms with Gasteiger partial charge in [-0.2, -0.15) is 0 Å². The summed E-state index contributed by atoms with van der Waals surface area (Å²) in [7, 11) is 4.13. The number of benzene rings is 6. The van der Waals surface area contributed by atoms with Gasteiger partial charge in [0.05, 0.1) is 50.5 Å². The molecule has 0 amide bonds. The zero-order valence-electron chi connectivity index (χ0n) is 65.7. The van der Waals surface area contributed by atoms with Crippen LogP contribution in [-0.2, 0) is 43.3 Å². The largest absolute Gasteiger partial charge is 0.478 e. The van der Waals surface area contributed by atoms with Gasteiger partial charge in [0.15, 0.2) is 0 Å². The van der Waals surface area contributed by atoms with Crippen LogP contribution in [0.5, 0.6) is 0 Å². The lowest BCUT2D eigenvalue weighted by Gasteiger charge is -2.26. The van der Waals surface area contributed by atoms with E-state index < -0.39 is 5.97 Å². The van der Waals surface area contributed by atoms with Gasteiger partial charge in [0.25, 0.3) is 0 Å². The molecule has 9 aromatic rings. The number of rotatable bonds is 6. The Morgan fingerprint density at radius 2 is 0.578 bits per heavy atom. The molecule has 11 rings (SSSR count). The zero-order valence-corrected chi connectivity index (χ0v) is 65.7. The van der Waals surface area contributed by atoms with Gasteiger partial charge in [-0.1, -0.05) is 263 Å². The standard InChI is InChI=1S/C95H107N5O2/c1-88(2,3)66-43-62(44-67(53-66)89(4,5)6)81-75-40-42-78(97-75)84(65-49-72(94(19,20)21)56-73(50-65)95(22,23)24)86-61(36-30-58-31-37-74(38-32-58)100(25)26)52-80(99-86)82(63-45-68(90(7,8)9)54-69(46-63)91(10,11)12)76-39-41-77(96-76)83(64-47-70(92(13,14)15)55-71(48-64)93(16,17)18)85-60(51-79(81)98-85)35-29-57-27-33-59(34-28-57)87(101)102/h27-28,31-34,37-56,98-99H,1-26H3,(H,101,102). The van der Waals surface area contributed by atoms with E-state index in [1.165, 1.54) is 44.5 Å². The summed E-state index contributed by atoms with van der Waals surface area (Å²) in [5.74, 6) is 13.8. The van der Waals surface area contributed by atoms with E-state index in [4.69, 9.17) is 9.97 Å². The van der Waals surface area contributed by atoms with Crippen molar-refractivity contribution in [2.45, 2.75) is 209 Å². The SMILES string of the molecule is CN(C)c1ccc(C#Cc2cc3[nH]c2c(-c2cc(C(C)(C)C)cc(C(C)(C)C)c2)c2nc(c(-c4cc(C(C)(C)C)cc(C(C)(C)C)c4)c4cc(C#Cc5ccc(C(=O)O)cc5)c([nH]4)c(-c4cc(C(C)(C)C)cc(C(C)(C)C)c4)c4nc(c3-c3cc(C(C)(C)C)cc(C(C)(C)C)c3)C=C4)C=C2)cc1. The second-order valence-corrected chi connectivity index (χ2v) is 36.9. The van der Waals surface area contributed by atoms with Crippen molar-refractivity contribution >= 4 is 58.0 Å². The number of aromatic amines is 2. The highest BCUT2D eigenvalue weighted by atomic mass is 16.4. The smallest absolute Gasteiger partial charge is 0.335 e. The normalized spacial score (nSPS) is 13.0. The molecule has 102 heavy (non-hydrogen) atoms. The molecule has 7 heteroatoms. The lowest BCUT2D eigenvalue weighted by molar-refractivity contribution is 0.0696. The van der Waals surface area contributed by atoms with Crippen molar-refractivity contribution < 1.29 is 9.90 Å². The van der Waals surface area contributed by atoms with Crippen LogP contribution in [0.25, 0.3) is 90.9 Å². The third kappa shape index (κ3) is 15.7. The third-order valence-corrected chi connectivity index (χ3v) is 20.0. The Morgan fingerprint density at radius 1 is 0.333 bits per heavy atom.